The first-order valence-electron chi connectivity index (χ1n) is 10.5. The highest BCUT2D eigenvalue weighted by Crippen LogP contribution is 2.36. The molecule has 0 N–H and O–H groups in total. The third-order valence-corrected chi connectivity index (χ3v) is 7.62. The number of aryl methyl sites for hydroxylation is 1. The van der Waals surface area contributed by atoms with Gasteiger partial charge in [-0.15, -0.1) is 22.7 Å². The van der Waals surface area contributed by atoms with Gasteiger partial charge in [0, 0.05) is 50.1 Å². The van der Waals surface area contributed by atoms with Crippen LogP contribution in [0, 0.1) is 6.92 Å². The van der Waals surface area contributed by atoms with Crippen molar-refractivity contribution in [3.05, 3.63) is 62.3 Å². The van der Waals surface area contributed by atoms with Gasteiger partial charge in [0.25, 0.3) is 5.91 Å². The molecule has 1 saturated heterocycles. The molecule has 162 valence electrons. The minimum Gasteiger partial charge on any atom is -0.361 e. The molecule has 0 aliphatic carbocycles. The molecular formula is C22H25N5O2S2. The van der Waals surface area contributed by atoms with Crippen LogP contribution >= 0.6 is 22.7 Å². The molecule has 0 saturated carbocycles. The highest BCUT2D eigenvalue weighted by molar-refractivity contribution is 7.12. The van der Waals surface area contributed by atoms with Gasteiger partial charge in [0.15, 0.2) is 0 Å². The van der Waals surface area contributed by atoms with Gasteiger partial charge in [0.05, 0.1) is 28.9 Å². The van der Waals surface area contributed by atoms with E-state index < -0.39 is 0 Å². The summed E-state index contributed by atoms with van der Waals surface area (Å²) >= 11 is 3.37. The minimum atomic E-state index is 0.00120. The molecule has 1 atom stereocenters. The van der Waals surface area contributed by atoms with Crippen LogP contribution in [0.1, 0.15) is 33.7 Å². The summed E-state index contributed by atoms with van der Waals surface area (Å²) in [7, 11) is 0. The topological polar surface area (TPSA) is 65.2 Å². The summed E-state index contributed by atoms with van der Waals surface area (Å²) in [6, 6.07) is 10.2. The number of nitrogens with zero attached hydrogens (tertiary/aromatic N) is 5. The van der Waals surface area contributed by atoms with E-state index in [1.165, 1.54) is 4.88 Å². The van der Waals surface area contributed by atoms with E-state index in [0.29, 0.717) is 6.54 Å². The predicted octanol–water partition coefficient (Wildman–Crippen LogP) is 3.60. The van der Waals surface area contributed by atoms with Crippen LogP contribution < -0.4 is 0 Å². The lowest BCUT2D eigenvalue weighted by molar-refractivity contribution is -0.134. The Bertz CT molecular complexity index is 1040. The predicted molar refractivity (Wildman–Crippen MR) is 122 cm³/mol. The van der Waals surface area contributed by atoms with Crippen LogP contribution in [0.4, 0.5) is 0 Å². The van der Waals surface area contributed by atoms with E-state index >= 15 is 0 Å². The maximum absolute atomic E-state index is 13.3. The summed E-state index contributed by atoms with van der Waals surface area (Å²) in [5.41, 5.74) is 1.97. The molecule has 0 bridgehead atoms. The summed E-state index contributed by atoms with van der Waals surface area (Å²) in [6.45, 7) is 6.66. The molecule has 0 spiro atoms. The van der Waals surface area contributed by atoms with Gasteiger partial charge in [-0.3, -0.25) is 14.6 Å². The van der Waals surface area contributed by atoms with Gasteiger partial charge in [0.2, 0.25) is 0 Å². The number of rotatable bonds is 6. The molecule has 3 aromatic heterocycles. The Labute approximate surface area is 189 Å². The number of thiophene rings is 2. The van der Waals surface area contributed by atoms with Crippen molar-refractivity contribution in [1.29, 1.82) is 0 Å². The van der Waals surface area contributed by atoms with E-state index in [0.717, 1.165) is 61.2 Å². The van der Waals surface area contributed by atoms with E-state index in [2.05, 4.69) is 37.8 Å². The van der Waals surface area contributed by atoms with Gasteiger partial charge in [-0.2, -0.15) is 5.10 Å². The smallest absolute Gasteiger partial charge is 0.257 e. The summed E-state index contributed by atoms with van der Waals surface area (Å²) in [5, 5.41) is 14.7. The Morgan fingerprint density at radius 2 is 1.90 bits per heavy atom. The monoisotopic (exact) mass is 455 g/mol. The van der Waals surface area contributed by atoms with Crippen molar-refractivity contribution in [1.82, 2.24) is 20.0 Å². The quantitative estimate of drug-likeness (QED) is 0.568. The zero-order valence-electron chi connectivity index (χ0n) is 17.4. The molecule has 1 amide bonds. The second-order valence-electron chi connectivity index (χ2n) is 7.98. The fourth-order valence-corrected chi connectivity index (χ4v) is 5.66. The van der Waals surface area contributed by atoms with Gasteiger partial charge < -0.3 is 4.52 Å². The lowest BCUT2D eigenvalue weighted by Crippen LogP contribution is -2.49. The van der Waals surface area contributed by atoms with Gasteiger partial charge >= 0.3 is 0 Å². The standard InChI is InChI=1S/C22H25N5O2S2/c1-16-12-17(24-29-16)14-25-6-8-26(9-7-25)15-22(28)27-19(21-5-3-11-31-21)13-18(23-27)20-4-2-10-30-20/h2-5,10-12,19H,6-9,13-15H2,1H3. The molecule has 2 aliphatic heterocycles. The normalized spacial score (nSPS) is 20.4. The summed E-state index contributed by atoms with van der Waals surface area (Å²) in [6.07, 6.45) is 0.775. The van der Waals surface area contributed by atoms with Gasteiger partial charge in [-0.05, 0) is 29.8 Å². The number of hydrogen-bond donors (Lipinski definition) is 0. The molecule has 2 aliphatic rings. The molecular weight excluding hydrogens is 430 g/mol. The minimum absolute atomic E-state index is 0.00120. The van der Waals surface area contributed by atoms with Crippen LogP contribution in [0.3, 0.4) is 0 Å². The average molecular weight is 456 g/mol. The van der Waals surface area contributed by atoms with Crippen LogP contribution in [0.25, 0.3) is 0 Å². The molecule has 7 nitrogen and oxygen atoms in total. The summed E-state index contributed by atoms with van der Waals surface area (Å²) in [4.78, 5) is 20.2. The number of hydrazone groups is 1. The fourth-order valence-electron chi connectivity index (χ4n) is 4.13. The lowest BCUT2D eigenvalue weighted by atomic mass is 10.1. The van der Waals surface area contributed by atoms with Crippen molar-refractivity contribution in [2.75, 3.05) is 32.7 Å². The van der Waals surface area contributed by atoms with Crippen molar-refractivity contribution in [3.63, 3.8) is 0 Å². The first kappa shape index (κ1) is 20.6. The van der Waals surface area contributed by atoms with Crippen LogP contribution in [0.2, 0.25) is 0 Å². The number of aromatic nitrogens is 1. The maximum atomic E-state index is 13.3. The number of amides is 1. The van der Waals surface area contributed by atoms with E-state index in [1.54, 1.807) is 27.7 Å². The highest BCUT2D eigenvalue weighted by Gasteiger charge is 2.35. The zero-order chi connectivity index (χ0) is 21.2. The van der Waals surface area contributed by atoms with Gasteiger partial charge in [-0.25, -0.2) is 5.01 Å². The molecule has 31 heavy (non-hydrogen) atoms. The molecule has 5 heterocycles. The van der Waals surface area contributed by atoms with Crippen molar-refractivity contribution in [3.8, 4) is 0 Å². The molecule has 5 rings (SSSR count). The van der Waals surface area contributed by atoms with E-state index in [4.69, 9.17) is 9.62 Å². The van der Waals surface area contributed by atoms with E-state index in [1.807, 2.05) is 25.1 Å². The fraction of sp³-hybridized carbons (Fsp3) is 0.409. The summed E-state index contributed by atoms with van der Waals surface area (Å²) in [5.74, 6) is 0.915. The first-order chi connectivity index (χ1) is 15.2. The number of piperazine rings is 1. The summed E-state index contributed by atoms with van der Waals surface area (Å²) < 4.78 is 5.16. The Morgan fingerprint density at radius 1 is 1.13 bits per heavy atom. The Morgan fingerprint density at radius 3 is 2.58 bits per heavy atom. The molecule has 0 radical (unpaired) electrons. The maximum Gasteiger partial charge on any atom is 0.257 e. The van der Waals surface area contributed by atoms with Crippen LogP contribution in [-0.4, -0.2) is 64.3 Å². The van der Waals surface area contributed by atoms with Crippen molar-refractivity contribution in [2.24, 2.45) is 5.10 Å². The Kier molecular flexibility index (Phi) is 5.99. The van der Waals surface area contributed by atoms with E-state index in [-0.39, 0.29) is 11.9 Å². The second kappa shape index (κ2) is 9.04. The van der Waals surface area contributed by atoms with Crippen LogP contribution in [-0.2, 0) is 11.3 Å². The van der Waals surface area contributed by atoms with Crippen LogP contribution in [0.15, 0.2) is 50.7 Å². The number of hydrogen-bond acceptors (Lipinski definition) is 8. The van der Waals surface area contributed by atoms with Gasteiger partial charge in [-0.1, -0.05) is 17.3 Å². The largest absolute Gasteiger partial charge is 0.361 e. The molecule has 3 aromatic rings. The van der Waals surface area contributed by atoms with Crippen molar-refractivity contribution in [2.45, 2.75) is 25.9 Å². The van der Waals surface area contributed by atoms with Crippen LogP contribution in [0.5, 0.6) is 0 Å². The van der Waals surface area contributed by atoms with Crippen molar-refractivity contribution >= 4 is 34.3 Å². The SMILES string of the molecule is Cc1cc(CN2CCN(CC(=O)N3N=C(c4cccs4)CC3c3cccs3)CC2)no1. The molecule has 1 fully saturated rings. The van der Waals surface area contributed by atoms with Gasteiger partial charge in [0.1, 0.15) is 5.76 Å². The zero-order valence-corrected chi connectivity index (χ0v) is 19.1. The number of carbonyl (C=O) groups excluding carboxylic acids is 1. The highest BCUT2D eigenvalue weighted by atomic mass is 32.1. The third kappa shape index (κ3) is 4.64. The molecule has 0 aromatic carbocycles. The second-order valence-corrected chi connectivity index (χ2v) is 9.91. The van der Waals surface area contributed by atoms with E-state index in [9.17, 15) is 4.79 Å². The number of carbonyl (C=O) groups is 1. The third-order valence-electron chi connectivity index (χ3n) is 5.73. The average Bonchev–Trinajstić information content (AvgIpc) is 3.56. The first-order valence-corrected chi connectivity index (χ1v) is 12.3. The van der Waals surface area contributed by atoms with Crippen molar-refractivity contribution < 1.29 is 9.32 Å². The lowest BCUT2D eigenvalue weighted by Gasteiger charge is -2.34. The Hall–Kier alpha value is -2.33. The molecule has 9 heteroatoms. The molecule has 1 unspecified atom stereocenters. The Balaban J connectivity index is 1.21.